The Morgan fingerprint density at radius 3 is 2.67 bits per heavy atom. The molecule has 21 heavy (non-hydrogen) atoms. The SMILES string of the molecule is O=C(Oc1ccc2c(c1Br)CCCC2)c1ccccc1F. The van der Waals surface area contributed by atoms with Gasteiger partial charge in [-0.3, -0.25) is 0 Å². The number of halogens is 2. The van der Waals surface area contributed by atoms with Crippen molar-refractivity contribution >= 4 is 21.9 Å². The summed E-state index contributed by atoms with van der Waals surface area (Å²) in [6.07, 6.45) is 4.35. The Morgan fingerprint density at radius 2 is 1.86 bits per heavy atom. The summed E-state index contributed by atoms with van der Waals surface area (Å²) < 4.78 is 19.8. The first kappa shape index (κ1) is 14.3. The normalized spacial score (nSPS) is 13.6. The van der Waals surface area contributed by atoms with E-state index < -0.39 is 11.8 Å². The minimum absolute atomic E-state index is 0.0536. The van der Waals surface area contributed by atoms with Crippen molar-refractivity contribution in [3.05, 3.63) is 63.4 Å². The number of esters is 1. The maximum absolute atomic E-state index is 13.6. The fourth-order valence-corrected chi connectivity index (χ4v) is 3.29. The zero-order chi connectivity index (χ0) is 14.8. The van der Waals surface area contributed by atoms with E-state index >= 15 is 0 Å². The molecule has 0 spiro atoms. The van der Waals surface area contributed by atoms with Gasteiger partial charge in [0.25, 0.3) is 0 Å². The van der Waals surface area contributed by atoms with E-state index in [0.29, 0.717) is 5.75 Å². The van der Waals surface area contributed by atoms with Crippen molar-refractivity contribution in [1.82, 2.24) is 0 Å². The average molecular weight is 349 g/mol. The molecule has 2 aromatic rings. The molecule has 0 aliphatic heterocycles. The van der Waals surface area contributed by atoms with Gasteiger partial charge in [-0.05, 0) is 70.9 Å². The number of carbonyl (C=O) groups is 1. The zero-order valence-electron chi connectivity index (χ0n) is 11.4. The van der Waals surface area contributed by atoms with Crippen molar-refractivity contribution in [3.8, 4) is 5.75 Å². The first-order chi connectivity index (χ1) is 10.2. The largest absolute Gasteiger partial charge is 0.422 e. The molecule has 0 radical (unpaired) electrons. The van der Waals surface area contributed by atoms with Crippen LogP contribution in [0.25, 0.3) is 0 Å². The maximum atomic E-state index is 13.6. The average Bonchev–Trinajstić information content (AvgIpc) is 2.51. The van der Waals surface area contributed by atoms with Crippen LogP contribution < -0.4 is 4.74 Å². The van der Waals surface area contributed by atoms with Crippen LogP contribution >= 0.6 is 15.9 Å². The van der Waals surface area contributed by atoms with E-state index in [1.54, 1.807) is 18.2 Å². The molecule has 1 aliphatic rings. The number of rotatable bonds is 2. The molecule has 0 unspecified atom stereocenters. The van der Waals surface area contributed by atoms with Crippen LogP contribution in [0.15, 0.2) is 40.9 Å². The molecule has 108 valence electrons. The van der Waals surface area contributed by atoms with Crippen molar-refractivity contribution in [3.63, 3.8) is 0 Å². The highest BCUT2D eigenvalue weighted by Gasteiger charge is 2.19. The summed E-state index contributed by atoms with van der Waals surface area (Å²) in [6, 6.07) is 9.58. The monoisotopic (exact) mass is 348 g/mol. The van der Waals surface area contributed by atoms with Crippen LogP contribution in [0.3, 0.4) is 0 Å². The van der Waals surface area contributed by atoms with E-state index in [9.17, 15) is 9.18 Å². The summed E-state index contributed by atoms with van der Waals surface area (Å²) in [5.41, 5.74) is 2.43. The van der Waals surface area contributed by atoms with Crippen LogP contribution in [0, 0.1) is 5.82 Å². The molecule has 0 fully saturated rings. The van der Waals surface area contributed by atoms with Crippen LogP contribution in [-0.4, -0.2) is 5.97 Å². The predicted molar refractivity (Wildman–Crippen MR) is 82.1 cm³/mol. The lowest BCUT2D eigenvalue weighted by atomic mass is 9.92. The van der Waals surface area contributed by atoms with Crippen molar-refractivity contribution in [2.24, 2.45) is 0 Å². The van der Waals surface area contributed by atoms with Gasteiger partial charge in [-0.2, -0.15) is 0 Å². The second-order valence-corrected chi connectivity index (χ2v) is 5.88. The third kappa shape index (κ3) is 2.86. The molecule has 0 heterocycles. The molecule has 0 saturated heterocycles. The van der Waals surface area contributed by atoms with E-state index in [1.165, 1.54) is 29.7 Å². The molecule has 0 aromatic heterocycles. The zero-order valence-corrected chi connectivity index (χ0v) is 13.0. The van der Waals surface area contributed by atoms with E-state index in [1.807, 2.05) is 6.07 Å². The van der Waals surface area contributed by atoms with E-state index in [-0.39, 0.29) is 5.56 Å². The third-order valence-corrected chi connectivity index (χ3v) is 4.59. The molecule has 0 bridgehead atoms. The van der Waals surface area contributed by atoms with Crippen molar-refractivity contribution in [1.29, 1.82) is 0 Å². The van der Waals surface area contributed by atoms with Gasteiger partial charge in [0, 0.05) is 0 Å². The Bertz CT molecular complexity index is 697. The van der Waals surface area contributed by atoms with Crippen molar-refractivity contribution in [2.75, 3.05) is 0 Å². The first-order valence-corrected chi connectivity index (χ1v) is 7.73. The van der Waals surface area contributed by atoms with Gasteiger partial charge in [-0.25, -0.2) is 9.18 Å². The van der Waals surface area contributed by atoms with Gasteiger partial charge in [0.05, 0.1) is 10.0 Å². The summed E-state index contributed by atoms with van der Waals surface area (Å²) in [7, 11) is 0. The summed E-state index contributed by atoms with van der Waals surface area (Å²) in [4.78, 5) is 12.1. The second kappa shape index (κ2) is 5.98. The number of hydrogen-bond donors (Lipinski definition) is 0. The maximum Gasteiger partial charge on any atom is 0.346 e. The lowest BCUT2D eigenvalue weighted by molar-refractivity contribution is 0.0728. The van der Waals surface area contributed by atoms with Crippen LogP contribution in [0.5, 0.6) is 5.75 Å². The fraction of sp³-hybridized carbons (Fsp3) is 0.235. The van der Waals surface area contributed by atoms with Gasteiger partial charge in [0.1, 0.15) is 11.6 Å². The van der Waals surface area contributed by atoms with E-state index in [0.717, 1.165) is 23.7 Å². The molecule has 2 aromatic carbocycles. The Labute approximate surface area is 131 Å². The Hall–Kier alpha value is -1.68. The molecular formula is C17H14BrFO2. The van der Waals surface area contributed by atoms with Gasteiger partial charge in [-0.15, -0.1) is 0 Å². The van der Waals surface area contributed by atoms with Gasteiger partial charge in [0.2, 0.25) is 0 Å². The number of hydrogen-bond acceptors (Lipinski definition) is 2. The van der Waals surface area contributed by atoms with E-state index in [4.69, 9.17) is 4.74 Å². The van der Waals surface area contributed by atoms with Crippen LogP contribution in [-0.2, 0) is 12.8 Å². The summed E-state index contributed by atoms with van der Waals surface area (Å²) in [5, 5.41) is 0. The highest BCUT2D eigenvalue weighted by Crippen LogP contribution is 2.35. The van der Waals surface area contributed by atoms with Crippen LogP contribution in [0.4, 0.5) is 4.39 Å². The highest BCUT2D eigenvalue weighted by atomic mass is 79.9. The summed E-state index contributed by atoms with van der Waals surface area (Å²) in [5.74, 6) is -0.801. The second-order valence-electron chi connectivity index (χ2n) is 5.09. The smallest absolute Gasteiger partial charge is 0.346 e. The molecule has 4 heteroatoms. The molecule has 1 aliphatic carbocycles. The summed E-state index contributed by atoms with van der Waals surface area (Å²) >= 11 is 3.52. The fourth-order valence-electron chi connectivity index (χ4n) is 2.62. The van der Waals surface area contributed by atoms with Gasteiger partial charge < -0.3 is 4.74 Å². The lowest BCUT2D eigenvalue weighted by Crippen LogP contribution is -2.12. The molecule has 0 N–H and O–H groups in total. The number of benzene rings is 2. The third-order valence-electron chi connectivity index (χ3n) is 3.72. The molecule has 0 atom stereocenters. The van der Waals surface area contributed by atoms with Crippen molar-refractivity contribution < 1.29 is 13.9 Å². The lowest BCUT2D eigenvalue weighted by Gasteiger charge is -2.19. The predicted octanol–water partition coefficient (Wildman–Crippen LogP) is 4.69. The number of aryl methyl sites for hydroxylation is 1. The number of ether oxygens (including phenoxy) is 1. The minimum atomic E-state index is -0.676. The Kier molecular flexibility index (Phi) is 4.06. The first-order valence-electron chi connectivity index (χ1n) is 6.94. The minimum Gasteiger partial charge on any atom is -0.422 e. The Morgan fingerprint density at radius 1 is 1.10 bits per heavy atom. The molecule has 0 amide bonds. The van der Waals surface area contributed by atoms with Gasteiger partial charge >= 0.3 is 5.97 Å². The number of carbonyl (C=O) groups excluding carboxylic acids is 1. The standard InChI is InChI=1S/C17H14BrFO2/c18-16-12-6-2-1-5-11(12)9-10-15(16)21-17(20)13-7-3-4-8-14(13)19/h3-4,7-10H,1-2,5-6H2. The van der Waals surface area contributed by atoms with Crippen molar-refractivity contribution in [2.45, 2.75) is 25.7 Å². The Balaban J connectivity index is 1.89. The quantitative estimate of drug-likeness (QED) is 0.581. The molecule has 2 nitrogen and oxygen atoms in total. The molecular weight excluding hydrogens is 335 g/mol. The van der Waals surface area contributed by atoms with Crippen LogP contribution in [0.1, 0.15) is 34.3 Å². The highest BCUT2D eigenvalue weighted by molar-refractivity contribution is 9.10. The summed E-state index contributed by atoms with van der Waals surface area (Å²) in [6.45, 7) is 0. The van der Waals surface area contributed by atoms with E-state index in [2.05, 4.69) is 15.9 Å². The van der Waals surface area contributed by atoms with Crippen LogP contribution in [0.2, 0.25) is 0 Å². The number of fused-ring (bicyclic) bond motifs is 1. The van der Waals surface area contributed by atoms with Gasteiger partial charge in [0.15, 0.2) is 0 Å². The molecule has 0 saturated carbocycles. The topological polar surface area (TPSA) is 26.3 Å². The molecule has 3 rings (SSSR count). The van der Waals surface area contributed by atoms with Gasteiger partial charge in [-0.1, -0.05) is 18.2 Å².